The van der Waals surface area contributed by atoms with Gasteiger partial charge in [-0.05, 0) is 38.6 Å². The van der Waals surface area contributed by atoms with E-state index >= 15 is 0 Å². The van der Waals surface area contributed by atoms with Crippen molar-refractivity contribution >= 4 is 5.91 Å². The second-order valence-corrected chi connectivity index (χ2v) is 5.93. The molecule has 0 aliphatic heterocycles. The maximum Gasteiger partial charge on any atom is 0.229 e. The number of rotatable bonds is 7. The number of carbonyl (C=O) groups is 1. The highest BCUT2D eigenvalue weighted by Gasteiger charge is 2.44. The molecule has 0 saturated heterocycles. The summed E-state index contributed by atoms with van der Waals surface area (Å²) in [4.78, 5) is 14.3. The number of carbonyl (C=O) groups excluding carboxylic acids is 1. The van der Waals surface area contributed by atoms with Gasteiger partial charge in [0.2, 0.25) is 5.91 Å². The highest BCUT2D eigenvalue weighted by Crippen LogP contribution is 2.41. The molecule has 0 spiro atoms. The summed E-state index contributed by atoms with van der Waals surface area (Å²) < 4.78 is 0. The van der Waals surface area contributed by atoms with Gasteiger partial charge < -0.3 is 10.2 Å². The van der Waals surface area contributed by atoms with Crippen LogP contribution >= 0.6 is 0 Å². The van der Waals surface area contributed by atoms with Gasteiger partial charge in [-0.25, -0.2) is 0 Å². The largest absolute Gasteiger partial charge is 0.345 e. The van der Waals surface area contributed by atoms with Crippen molar-refractivity contribution in [3.05, 3.63) is 0 Å². The van der Waals surface area contributed by atoms with Crippen molar-refractivity contribution in [2.24, 2.45) is 11.3 Å². The van der Waals surface area contributed by atoms with Gasteiger partial charge in [-0.1, -0.05) is 20.3 Å². The molecular weight excluding hydrogens is 212 g/mol. The third kappa shape index (κ3) is 3.70. The average molecular weight is 240 g/mol. The second-order valence-electron chi connectivity index (χ2n) is 5.93. The maximum atomic E-state index is 12.4. The predicted octanol–water partition coefficient (Wildman–Crippen LogP) is 2.27. The van der Waals surface area contributed by atoms with E-state index in [2.05, 4.69) is 19.2 Å². The van der Waals surface area contributed by atoms with Crippen LogP contribution in [0.2, 0.25) is 0 Å². The molecule has 1 N–H and O–H groups in total. The van der Waals surface area contributed by atoms with E-state index in [1.807, 2.05) is 19.0 Å². The van der Waals surface area contributed by atoms with Crippen molar-refractivity contribution in [3.63, 3.8) is 0 Å². The molecule has 1 saturated carbocycles. The van der Waals surface area contributed by atoms with E-state index in [-0.39, 0.29) is 5.41 Å². The number of hydrogen-bond acceptors (Lipinski definition) is 2. The zero-order chi connectivity index (χ0) is 12.9. The van der Waals surface area contributed by atoms with Gasteiger partial charge in [0.25, 0.3) is 0 Å². The first-order valence-electron chi connectivity index (χ1n) is 6.92. The Balaban J connectivity index is 2.39. The summed E-state index contributed by atoms with van der Waals surface area (Å²) in [5.41, 5.74) is -0.0820. The Hall–Kier alpha value is -0.570. The second kappa shape index (κ2) is 6.39. The van der Waals surface area contributed by atoms with Gasteiger partial charge in [0.1, 0.15) is 0 Å². The number of amides is 1. The highest BCUT2D eigenvalue weighted by molar-refractivity contribution is 5.83. The zero-order valence-corrected chi connectivity index (χ0v) is 11.9. The summed E-state index contributed by atoms with van der Waals surface area (Å²) >= 11 is 0. The first-order valence-corrected chi connectivity index (χ1v) is 6.92. The van der Waals surface area contributed by atoms with E-state index in [0.717, 1.165) is 38.3 Å². The molecule has 0 atom stereocenters. The van der Waals surface area contributed by atoms with Crippen LogP contribution in [0.4, 0.5) is 0 Å². The molecule has 100 valence electrons. The standard InChI is InChI=1S/C14H28N2O/c1-12(2)7-5-10-16(4)13(17)14(11-15-3)8-6-9-14/h12,15H,5-11H2,1-4H3. The Labute approximate surface area is 106 Å². The van der Waals surface area contributed by atoms with Crippen LogP contribution in [0, 0.1) is 11.3 Å². The summed E-state index contributed by atoms with van der Waals surface area (Å²) in [5, 5.41) is 3.17. The Bertz CT molecular complexity index is 247. The van der Waals surface area contributed by atoms with Gasteiger partial charge in [0.05, 0.1) is 5.41 Å². The minimum Gasteiger partial charge on any atom is -0.345 e. The predicted molar refractivity (Wildman–Crippen MR) is 71.9 cm³/mol. The molecule has 1 amide bonds. The van der Waals surface area contributed by atoms with Gasteiger partial charge in [0.15, 0.2) is 0 Å². The quantitative estimate of drug-likeness (QED) is 0.740. The van der Waals surface area contributed by atoms with Crippen molar-refractivity contribution in [1.82, 2.24) is 10.2 Å². The normalized spacial score (nSPS) is 17.9. The van der Waals surface area contributed by atoms with Crippen LogP contribution < -0.4 is 5.32 Å². The zero-order valence-electron chi connectivity index (χ0n) is 11.9. The van der Waals surface area contributed by atoms with Crippen LogP contribution in [-0.4, -0.2) is 38.0 Å². The minimum atomic E-state index is -0.0820. The molecule has 1 aliphatic rings. The van der Waals surface area contributed by atoms with Crippen LogP contribution in [0.15, 0.2) is 0 Å². The van der Waals surface area contributed by atoms with Gasteiger partial charge >= 0.3 is 0 Å². The van der Waals surface area contributed by atoms with E-state index in [0.29, 0.717) is 5.91 Å². The van der Waals surface area contributed by atoms with Crippen molar-refractivity contribution in [2.75, 3.05) is 27.2 Å². The topological polar surface area (TPSA) is 32.3 Å². The SMILES string of the molecule is CNCC1(C(=O)N(C)CCCC(C)C)CCC1. The van der Waals surface area contributed by atoms with Crippen molar-refractivity contribution in [1.29, 1.82) is 0 Å². The van der Waals surface area contributed by atoms with Crippen LogP contribution in [0.5, 0.6) is 0 Å². The Morgan fingerprint density at radius 1 is 1.41 bits per heavy atom. The van der Waals surface area contributed by atoms with Gasteiger partial charge in [-0.3, -0.25) is 4.79 Å². The highest BCUT2D eigenvalue weighted by atomic mass is 16.2. The van der Waals surface area contributed by atoms with Gasteiger partial charge in [-0.2, -0.15) is 0 Å². The molecule has 0 aromatic carbocycles. The van der Waals surface area contributed by atoms with Crippen molar-refractivity contribution in [3.8, 4) is 0 Å². The van der Waals surface area contributed by atoms with Crippen molar-refractivity contribution in [2.45, 2.75) is 46.0 Å². The Morgan fingerprint density at radius 3 is 2.47 bits per heavy atom. The van der Waals surface area contributed by atoms with E-state index in [1.165, 1.54) is 12.8 Å². The van der Waals surface area contributed by atoms with E-state index < -0.39 is 0 Å². The third-order valence-electron chi connectivity index (χ3n) is 3.90. The fourth-order valence-corrected chi connectivity index (χ4v) is 2.65. The molecule has 1 fully saturated rings. The molecule has 0 radical (unpaired) electrons. The molecule has 3 nitrogen and oxygen atoms in total. The number of hydrogen-bond donors (Lipinski definition) is 1. The fraction of sp³-hybridized carbons (Fsp3) is 0.929. The maximum absolute atomic E-state index is 12.4. The lowest BCUT2D eigenvalue weighted by molar-refractivity contribution is -0.145. The first kappa shape index (κ1) is 14.5. The summed E-state index contributed by atoms with van der Waals surface area (Å²) in [7, 11) is 3.89. The smallest absolute Gasteiger partial charge is 0.229 e. The van der Waals surface area contributed by atoms with Crippen molar-refractivity contribution < 1.29 is 4.79 Å². The van der Waals surface area contributed by atoms with Crippen LogP contribution in [0.25, 0.3) is 0 Å². The molecule has 0 heterocycles. The van der Waals surface area contributed by atoms with E-state index in [9.17, 15) is 4.79 Å². The summed E-state index contributed by atoms with van der Waals surface area (Å²) in [5.74, 6) is 1.08. The molecule has 17 heavy (non-hydrogen) atoms. The molecule has 0 unspecified atom stereocenters. The molecule has 0 aromatic heterocycles. The molecule has 3 heteroatoms. The Morgan fingerprint density at radius 2 is 2.06 bits per heavy atom. The average Bonchev–Trinajstić information content (AvgIpc) is 2.21. The molecule has 1 rings (SSSR count). The van der Waals surface area contributed by atoms with E-state index in [1.54, 1.807) is 0 Å². The number of nitrogens with one attached hydrogen (secondary N) is 1. The lowest BCUT2D eigenvalue weighted by Crippen LogP contribution is -2.51. The fourth-order valence-electron chi connectivity index (χ4n) is 2.65. The monoisotopic (exact) mass is 240 g/mol. The number of nitrogens with zero attached hydrogens (tertiary/aromatic N) is 1. The van der Waals surface area contributed by atoms with Gasteiger partial charge in [-0.15, -0.1) is 0 Å². The van der Waals surface area contributed by atoms with Crippen LogP contribution in [0.1, 0.15) is 46.0 Å². The molecule has 0 aromatic rings. The minimum absolute atomic E-state index is 0.0820. The van der Waals surface area contributed by atoms with Gasteiger partial charge in [0, 0.05) is 20.1 Å². The third-order valence-corrected chi connectivity index (χ3v) is 3.90. The molecular formula is C14H28N2O. The van der Waals surface area contributed by atoms with E-state index in [4.69, 9.17) is 0 Å². The Kier molecular flexibility index (Phi) is 5.44. The summed E-state index contributed by atoms with van der Waals surface area (Å²) in [6.07, 6.45) is 5.64. The molecule has 0 bridgehead atoms. The summed E-state index contributed by atoms with van der Waals surface area (Å²) in [6, 6.07) is 0. The van der Waals surface area contributed by atoms with Crippen LogP contribution in [0.3, 0.4) is 0 Å². The first-order chi connectivity index (χ1) is 8.02. The van der Waals surface area contributed by atoms with Crippen LogP contribution in [-0.2, 0) is 4.79 Å². The lowest BCUT2D eigenvalue weighted by Gasteiger charge is -2.42. The lowest BCUT2D eigenvalue weighted by atomic mass is 9.67. The molecule has 1 aliphatic carbocycles. The summed E-state index contributed by atoms with van der Waals surface area (Å²) in [6.45, 7) is 6.20.